The lowest BCUT2D eigenvalue weighted by atomic mass is 9.99. The largest absolute Gasteiger partial charge is 0.376 e. The van der Waals surface area contributed by atoms with Crippen LogP contribution < -0.4 is 10.6 Å². The molecule has 2 atom stereocenters. The lowest BCUT2D eigenvalue weighted by Gasteiger charge is -2.25. The first kappa shape index (κ1) is 20.6. The van der Waals surface area contributed by atoms with E-state index in [9.17, 15) is 14.0 Å². The molecule has 7 heteroatoms. The topological polar surface area (TPSA) is 70.7 Å². The van der Waals surface area contributed by atoms with Gasteiger partial charge < -0.3 is 20.3 Å². The summed E-state index contributed by atoms with van der Waals surface area (Å²) < 4.78 is 19.0. The molecule has 2 unspecified atom stereocenters. The molecule has 3 amide bonds. The summed E-state index contributed by atoms with van der Waals surface area (Å²) >= 11 is 0. The van der Waals surface area contributed by atoms with Gasteiger partial charge in [0, 0.05) is 32.7 Å². The third-order valence-corrected chi connectivity index (χ3v) is 5.41. The van der Waals surface area contributed by atoms with Gasteiger partial charge in [-0.1, -0.05) is 18.6 Å². The highest BCUT2D eigenvalue weighted by Gasteiger charge is 2.28. The SMILES string of the molecule is O=C(NCCCN1CCCCCC1=O)NC(c1ccc(F)cc1)C1CCCO1. The van der Waals surface area contributed by atoms with Crippen LogP contribution in [-0.4, -0.2) is 49.2 Å². The third-order valence-electron chi connectivity index (χ3n) is 5.41. The predicted octanol–water partition coefficient (Wildman–Crippen LogP) is 3.14. The van der Waals surface area contributed by atoms with Crippen molar-refractivity contribution >= 4 is 11.9 Å². The highest BCUT2D eigenvalue weighted by Crippen LogP contribution is 2.27. The van der Waals surface area contributed by atoms with Crippen molar-refractivity contribution in [3.63, 3.8) is 0 Å². The van der Waals surface area contributed by atoms with Gasteiger partial charge in [0.25, 0.3) is 0 Å². The van der Waals surface area contributed by atoms with E-state index in [0.29, 0.717) is 26.1 Å². The minimum absolute atomic E-state index is 0.106. The first-order valence-corrected chi connectivity index (χ1v) is 10.3. The Labute approximate surface area is 165 Å². The zero-order valence-electron chi connectivity index (χ0n) is 16.3. The lowest BCUT2D eigenvalue weighted by Crippen LogP contribution is -2.43. The maximum Gasteiger partial charge on any atom is 0.315 e. The van der Waals surface area contributed by atoms with Gasteiger partial charge in [-0.3, -0.25) is 4.79 Å². The molecule has 2 N–H and O–H groups in total. The molecule has 2 saturated heterocycles. The number of nitrogens with zero attached hydrogens (tertiary/aromatic N) is 1. The number of nitrogens with one attached hydrogen (secondary N) is 2. The Bertz CT molecular complexity index is 647. The van der Waals surface area contributed by atoms with E-state index in [1.165, 1.54) is 12.1 Å². The molecule has 0 bridgehead atoms. The molecular formula is C21H30FN3O3. The number of benzene rings is 1. The van der Waals surface area contributed by atoms with Crippen molar-refractivity contribution in [3.05, 3.63) is 35.6 Å². The lowest BCUT2D eigenvalue weighted by molar-refractivity contribution is -0.130. The molecule has 6 nitrogen and oxygen atoms in total. The Kier molecular flexibility index (Phi) is 7.65. The van der Waals surface area contributed by atoms with Crippen LogP contribution in [0.15, 0.2) is 24.3 Å². The van der Waals surface area contributed by atoms with Crippen LogP contribution in [0.4, 0.5) is 9.18 Å². The molecular weight excluding hydrogens is 361 g/mol. The van der Waals surface area contributed by atoms with Crippen molar-refractivity contribution in [3.8, 4) is 0 Å². The van der Waals surface area contributed by atoms with E-state index in [1.807, 2.05) is 4.90 Å². The summed E-state index contributed by atoms with van der Waals surface area (Å²) in [6.45, 7) is 2.66. The Morgan fingerprint density at radius 1 is 1.21 bits per heavy atom. The van der Waals surface area contributed by atoms with Crippen LogP contribution in [0.1, 0.15) is 56.6 Å². The van der Waals surface area contributed by atoms with Gasteiger partial charge >= 0.3 is 6.03 Å². The van der Waals surface area contributed by atoms with Gasteiger partial charge in [0.2, 0.25) is 5.91 Å². The van der Waals surface area contributed by atoms with E-state index in [4.69, 9.17) is 4.74 Å². The summed E-state index contributed by atoms with van der Waals surface area (Å²) in [6, 6.07) is 5.59. The van der Waals surface area contributed by atoms with Crippen molar-refractivity contribution in [2.75, 3.05) is 26.2 Å². The van der Waals surface area contributed by atoms with Gasteiger partial charge in [0.1, 0.15) is 5.82 Å². The molecule has 3 rings (SSSR count). The molecule has 2 heterocycles. The molecule has 0 spiro atoms. The Balaban J connectivity index is 1.47. The maximum atomic E-state index is 13.2. The minimum atomic E-state index is -0.310. The summed E-state index contributed by atoms with van der Waals surface area (Å²) in [5, 5.41) is 5.84. The molecule has 154 valence electrons. The van der Waals surface area contributed by atoms with Crippen molar-refractivity contribution in [2.45, 2.75) is 57.1 Å². The molecule has 28 heavy (non-hydrogen) atoms. The van der Waals surface area contributed by atoms with Crippen molar-refractivity contribution in [1.29, 1.82) is 0 Å². The van der Waals surface area contributed by atoms with Gasteiger partial charge in [0.15, 0.2) is 0 Å². The number of hydrogen-bond donors (Lipinski definition) is 2. The number of halogens is 1. The van der Waals surface area contributed by atoms with Gasteiger partial charge in [-0.25, -0.2) is 9.18 Å². The molecule has 2 aliphatic rings. The fourth-order valence-electron chi connectivity index (χ4n) is 3.87. The minimum Gasteiger partial charge on any atom is -0.376 e. The maximum absolute atomic E-state index is 13.2. The van der Waals surface area contributed by atoms with Gasteiger partial charge in [-0.15, -0.1) is 0 Å². The quantitative estimate of drug-likeness (QED) is 0.702. The number of hydrogen-bond acceptors (Lipinski definition) is 3. The number of rotatable bonds is 7. The first-order valence-electron chi connectivity index (χ1n) is 10.3. The van der Waals surface area contributed by atoms with E-state index in [1.54, 1.807) is 12.1 Å². The number of carbonyl (C=O) groups excluding carboxylic acids is 2. The fourth-order valence-corrected chi connectivity index (χ4v) is 3.87. The average Bonchev–Trinajstić information content (AvgIpc) is 3.14. The van der Waals surface area contributed by atoms with Crippen LogP contribution in [0.25, 0.3) is 0 Å². The zero-order chi connectivity index (χ0) is 19.8. The Morgan fingerprint density at radius 3 is 2.79 bits per heavy atom. The predicted molar refractivity (Wildman–Crippen MR) is 104 cm³/mol. The van der Waals surface area contributed by atoms with Crippen LogP contribution in [-0.2, 0) is 9.53 Å². The van der Waals surface area contributed by atoms with Crippen molar-refractivity contribution in [1.82, 2.24) is 15.5 Å². The van der Waals surface area contributed by atoms with Crippen LogP contribution in [0.2, 0.25) is 0 Å². The highest BCUT2D eigenvalue weighted by atomic mass is 19.1. The van der Waals surface area contributed by atoms with E-state index in [-0.39, 0.29) is 29.9 Å². The van der Waals surface area contributed by atoms with Gasteiger partial charge in [0.05, 0.1) is 12.1 Å². The van der Waals surface area contributed by atoms with Crippen molar-refractivity contribution < 1.29 is 18.7 Å². The second-order valence-corrected chi connectivity index (χ2v) is 7.53. The first-order chi connectivity index (χ1) is 13.6. The normalized spacial score (nSPS) is 21.2. The molecule has 1 aromatic rings. The second kappa shape index (κ2) is 10.4. The smallest absolute Gasteiger partial charge is 0.315 e. The van der Waals surface area contributed by atoms with Gasteiger partial charge in [-0.2, -0.15) is 0 Å². The highest BCUT2D eigenvalue weighted by molar-refractivity contribution is 5.76. The summed E-state index contributed by atoms with van der Waals surface area (Å²) in [4.78, 5) is 26.3. The van der Waals surface area contributed by atoms with Crippen molar-refractivity contribution in [2.24, 2.45) is 0 Å². The number of urea groups is 1. The Morgan fingerprint density at radius 2 is 2.04 bits per heavy atom. The zero-order valence-corrected chi connectivity index (χ0v) is 16.3. The number of amides is 3. The van der Waals surface area contributed by atoms with Crippen LogP contribution in [0.5, 0.6) is 0 Å². The fraction of sp³-hybridized carbons (Fsp3) is 0.619. The standard InChI is InChI=1S/C21H30FN3O3/c22-17-10-8-16(9-11-17)20(18-6-4-15-28-18)24-21(27)23-12-5-14-25-13-3-1-2-7-19(25)26/h8-11,18,20H,1-7,12-15H2,(H2,23,24,27). The van der Waals surface area contributed by atoms with E-state index in [2.05, 4.69) is 10.6 Å². The van der Waals surface area contributed by atoms with Crippen LogP contribution in [0.3, 0.4) is 0 Å². The summed E-state index contributed by atoms with van der Waals surface area (Å²) in [5.74, 6) is -0.0842. The van der Waals surface area contributed by atoms with E-state index >= 15 is 0 Å². The molecule has 0 aromatic heterocycles. The molecule has 0 saturated carbocycles. The third kappa shape index (κ3) is 5.92. The van der Waals surface area contributed by atoms with Crippen LogP contribution in [0, 0.1) is 5.82 Å². The van der Waals surface area contributed by atoms with E-state index in [0.717, 1.165) is 50.6 Å². The molecule has 1 aromatic carbocycles. The summed E-state index contributed by atoms with van der Waals surface area (Å²) in [5.41, 5.74) is 0.832. The average molecular weight is 391 g/mol. The Hall–Kier alpha value is -2.15. The molecule has 0 radical (unpaired) electrons. The van der Waals surface area contributed by atoms with E-state index < -0.39 is 0 Å². The second-order valence-electron chi connectivity index (χ2n) is 7.53. The molecule has 2 aliphatic heterocycles. The number of ether oxygens (including phenoxy) is 1. The monoisotopic (exact) mass is 391 g/mol. The molecule has 0 aliphatic carbocycles. The number of likely N-dealkylation sites (tertiary alicyclic amines) is 1. The van der Waals surface area contributed by atoms with Gasteiger partial charge in [-0.05, 0) is 49.8 Å². The summed E-state index contributed by atoms with van der Waals surface area (Å²) in [6.07, 6.45) is 6.21. The number of carbonyl (C=O) groups is 2. The molecule has 2 fully saturated rings. The summed E-state index contributed by atoms with van der Waals surface area (Å²) in [7, 11) is 0. The van der Waals surface area contributed by atoms with Crippen LogP contribution >= 0.6 is 0 Å².